The summed E-state index contributed by atoms with van der Waals surface area (Å²) in [6.07, 6.45) is -4.63. The zero-order chi connectivity index (χ0) is 21.3. The Morgan fingerprint density at radius 1 is 1.03 bits per heavy atom. The first kappa shape index (κ1) is 21.8. The zero-order valence-corrected chi connectivity index (χ0v) is 15.4. The fourth-order valence-corrected chi connectivity index (χ4v) is 2.50. The molecular formula is C20H19F3N4O2. The molecule has 0 atom stereocenters. The van der Waals surface area contributed by atoms with Gasteiger partial charge in [-0.3, -0.25) is 20.4 Å². The smallest absolute Gasteiger partial charge is 0.311 e. The Labute approximate surface area is 165 Å². The van der Waals surface area contributed by atoms with Crippen molar-refractivity contribution in [2.45, 2.75) is 25.4 Å². The Morgan fingerprint density at radius 2 is 1.76 bits per heavy atom. The van der Waals surface area contributed by atoms with Gasteiger partial charge < -0.3 is 4.90 Å². The molecule has 0 saturated carbocycles. The molecule has 0 aliphatic rings. The van der Waals surface area contributed by atoms with Crippen molar-refractivity contribution in [3.05, 3.63) is 60.2 Å². The van der Waals surface area contributed by atoms with Crippen LogP contribution in [0.25, 0.3) is 0 Å². The average molecular weight is 404 g/mol. The summed E-state index contributed by atoms with van der Waals surface area (Å²) in [6.45, 7) is 0.198. The molecule has 152 valence electrons. The number of benzene rings is 2. The second-order valence-electron chi connectivity index (χ2n) is 6.04. The van der Waals surface area contributed by atoms with E-state index in [1.807, 2.05) is 6.07 Å². The topological polar surface area (TPSA) is 85.2 Å². The molecule has 6 nitrogen and oxygen atoms in total. The van der Waals surface area contributed by atoms with Gasteiger partial charge in [-0.1, -0.05) is 24.3 Å². The molecule has 2 rings (SSSR count). The van der Waals surface area contributed by atoms with Gasteiger partial charge in [0.2, 0.25) is 11.8 Å². The Bertz CT molecular complexity index is 879. The fraction of sp³-hybridized carbons (Fsp3) is 0.250. The Balaban J connectivity index is 1.89. The van der Waals surface area contributed by atoms with E-state index >= 15 is 0 Å². The number of anilines is 2. The number of hydrazine groups is 1. The van der Waals surface area contributed by atoms with Crippen molar-refractivity contribution < 1.29 is 22.8 Å². The highest BCUT2D eigenvalue weighted by Gasteiger charge is 2.30. The van der Waals surface area contributed by atoms with Crippen LogP contribution in [0.2, 0.25) is 0 Å². The van der Waals surface area contributed by atoms with Crippen LogP contribution in [0.1, 0.15) is 24.8 Å². The van der Waals surface area contributed by atoms with Gasteiger partial charge in [-0.25, -0.2) is 0 Å². The van der Waals surface area contributed by atoms with E-state index in [0.29, 0.717) is 5.69 Å². The van der Waals surface area contributed by atoms with E-state index in [9.17, 15) is 22.8 Å². The summed E-state index contributed by atoms with van der Waals surface area (Å²) >= 11 is 0. The molecule has 0 aliphatic heterocycles. The van der Waals surface area contributed by atoms with E-state index in [4.69, 9.17) is 5.26 Å². The predicted octanol–water partition coefficient (Wildman–Crippen LogP) is 3.88. The van der Waals surface area contributed by atoms with Gasteiger partial charge in [-0.05, 0) is 30.3 Å². The first-order valence-electron chi connectivity index (χ1n) is 8.75. The van der Waals surface area contributed by atoms with Gasteiger partial charge in [0.15, 0.2) is 0 Å². The Morgan fingerprint density at radius 3 is 2.41 bits per heavy atom. The molecule has 0 heterocycles. The SMILES string of the molecule is N#CCCN(C(=O)CCC(=O)NNc1cccc(C(F)(F)F)c1)c1ccccc1. The molecule has 29 heavy (non-hydrogen) atoms. The van der Waals surface area contributed by atoms with Gasteiger partial charge in [0.05, 0.1) is 23.7 Å². The lowest BCUT2D eigenvalue weighted by Crippen LogP contribution is -2.34. The number of rotatable bonds is 8. The summed E-state index contributed by atoms with van der Waals surface area (Å²) in [5.41, 5.74) is 4.53. The first-order chi connectivity index (χ1) is 13.8. The van der Waals surface area contributed by atoms with Crippen LogP contribution in [0.5, 0.6) is 0 Å². The molecule has 0 bridgehead atoms. The number of hydrogen-bond acceptors (Lipinski definition) is 4. The minimum Gasteiger partial charge on any atom is -0.311 e. The molecule has 2 aromatic carbocycles. The minimum absolute atomic E-state index is 0.0689. The lowest BCUT2D eigenvalue weighted by molar-refractivity contribution is -0.137. The largest absolute Gasteiger partial charge is 0.416 e. The maximum Gasteiger partial charge on any atom is 0.416 e. The molecule has 0 aliphatic carbocycles. The molecule has 0 radical (unpaired) electrons. The monoisotopic (exact) mass is 404 g/mol. The zero-order valence-electron chi connectivity index (χ0n) is 15.4. The highest BCUT2D eigenvalue weighted by molar-refractivity contribution is 5.95. The number of carbonyl (C=O) groups is 2. The number of nitriles is 1. The lowest BCUT2D eigenvalue weighted by Gasteiger charge is -2.21. The average Bonchev–Trinajstić information content (AvgIpc) is 2.71. The van der Waals surface area contributed by atoms with E-state index in [2.05, 4.69) is 10.9 Å². The molecule has 9 heteroatoms. The van der Waals surface area contributed by atoms with Crippen molar-refractivity contribution in [1.29, 1.82) is 5.26 Å². The highest BCUT2D eigenvalue weighted by atomic mass is 19.4. The van der Waals surface area contributed by atoms with Gasteiger partial charge in [-0.15, -0.1) is 0 Å². The predicted molar refractivity (Wildman–Crippen MR) is 101 cm³/mol. The van der Waals surface area contributed by atoms with Crippen molar-refractivity contribution in [3.63, 3.8) is 0 Å². The minimum atomic E-state index is -4.49. The van der Waals surface area contributed by atoms with Gasteiger partial charge in [0.25, 0.3) is 0 Å². The third-order valence-corrected chi connectivity index (χ3v) is 3.92. The molecule has 0 aromatic heterocycles. The van der Waals surface area contributed by atoms with Gasteiger partial charge >= 0.3 is 6.18 Å². The van der Waals surface area contributed by atoms with Crippen molar-refractivity contribution in [3.8, 4) is 6.07 Å². The molecule has 2 aromatic rings. The second kappa shape index (κ2) is 10.1. The lowest BCUT2D eigenvalue weighted by atomic mass is 10.2. The van der Waals surface area contributed by atoms with Crippen molar-refractivity contribution >= 4 is 23.2 Å². The maximum atomic E-state index is 12.7. The highest BCUT2D eigenvalue weighted by Crippen LogP contribution is 2.30. The number of nitrogens with zero attached hydrogens (tertiary/aromatic N) is 2. The molecule has 2 N–H and O–H groups in total. The van der Waals surface area contributed by atoms with Crippen LogP contribution >= 0.6 is 0 Å². The molecular weight excluding hydrogens is 385 g/mol. The van der Waals surface area contributed by atoms with Gasteiger partial charge in [0, 0.05) is 25.1 Å². The van der Waals surface area contributed by atoms with Crippen LogP contribution in [0.4, 0.5) is 24.5 Å². The third kappa shape index (κ3) is 6.84. The van der Waals surface area contributed by atoms with E-state index in [-0.39, 0.29) is 37.4 Å². The number of para-hydroxylation sites is 1. The molecule has 0 saturated heterocycles. The van der Waals surface area contributed by atoms with E-state index in [0.717, 1.165) is 12.1 Å². The van der Waals surface area contributed by atoms with Gasteiger partial charge in [0.1, 0.15) is 0 Å². The number of carbonyl (C=O) groups excluding carboxylic acids is 2. The summed E-state index contributed by atoms with van der Waals surface area (Å²) in [5, 5.41) is 8.78. The van der Waals surface area contributed by atoms with Crippen LogP contribution in [0.15, 0.2) is 54.6 Å². The molecule has 0 fully saturated rings. The van der Waals surface area contributed by atoms with Crippen LogP contribution in [0, 0.1) is 11.3 Å². The molecule has 0 unspecified atom stereocenters. The van der Waals surface area contributed by atoms with Crippen molar-refractivity contribution in [1.82, 2.24) is 5.43 Å². The maximum absolute atomic E-state index is 12.7. The normalized spacial score (nSPS) is 10.7. The second-order valence-corrected chi connectivity index (χ2v) is 6.04. The summed E-state index contributed by atoms with van der Waals surface area (Å²) in [7, 11) is 0. The van der Waals surface area contributed by atoms with Crippen LogP contribution in [0.3, 0.4) is 0 Å². The number of nitrogens with one attached hydrogen (secondary N) is 2. The Kier molecular flexibility index (Phi) is 7.60. The fourth-order valence-electron chi connectivity index (χ4n) is 2.50. The number of halogens is 3. The first-order valence-corrected chi connectivity index (χ1v) is 8.75. The van der Waals surface area contributed by atoms with E-state index < -0.39 is 17.6 Å². The standard InChI is InChI=1S/C20H19F3N4O2/c21-20(22,23)15-6-4-7-16(14-15)25-26-18(28)10-11-19(29)27(13-5-12-24)17-8-2-1-3-9-17/h1-4,6-9,14,25H,5,10-11,13H2,(H,26,28). The summed E-state index contributed by atoms with van der Waals surface area (Å²) < 4.78 is 38.1. The van der Waals surface area contributed by atoms with Crippen molar-refractivity contribution in [2.24, 2.45) is 0 Å². The quantitative estimate of drug-likeness (QED) is 0.654. The molecule has 2 amide bonds. The third-order valence-electron chi connectivity index (χ3n) is 3.92. The molecule has 0 spiro atoms. The summed E-state index contributed by atoms with van der Waals surface area (Å²) in [4.78, 5) is 25.9. The van der Waals surface area contributed by atoms with Crippen LogP contribution < -0.4 is 15.8 Å². The summed E-state index contributed by atoms with van der Waals surface area (Å²) in [5.74, 6) is -0.885. The van der Waals surface area contributed by atoms with E-state index in [1.54, 1.807) is 30.3 Å². The van der Waals surface area contributed by atoms with Crippen LogP contribution in [-0.2, 0) is 15.8 Å². The summed E-state index contributed by atoms with van der Waals surface area (Å²) in [6, 6.07) is 15.1. The van der Waals surface area contributed by atoms with Gasteiger partial charge in [-0.2, -0.15) is 18.4 Å². The van der Waals surface area contributed by atoms with Crippen LogP contribution in [-0.4, -0.2) is 18.4 Å². The Hall–Kier alpha value is -3.54. The number of amides is 2. The van der Waals surface area contributed by atoms with E-state index in [1.165, 1.54) is 17.0 Å². The van der Waals surface area contributed by atoms with Crippen molar-refractivity contribution in [2.75, 3.05) is 16.9 Å². The number of alkyl halides is 3. The number of hydrogen-bond donors (Lipinski definition) is 2.